The number of furan rings is 1. The molecule has 2 atom stereocenters. The van der Waals surface area contributed by atoms with E-state index in [1.54, 1.807) is 6.07 Å². The molecule has 0 spiro atoms. The molecule has 2 saturated heterocycles. The van der Waals surface area contributed by atoms with Crippen molar-refractivity contribution >= 4 is 21.8 Å². The van der Waals surface area contributed by atoms with Crippen molar-refractivity contribution < 1.29 is 9.21 Å². The summed E-state index contributed by atoms with van der Waals surface area (Å²) in [5.74, 6) is 1.68. The molecular weight excluding hydrogens is 272 g/mol. The second-order valence-corrected chi connectivity index (χ2v) is 5.34. The Hall–Kier alpha value is -0.810. The average Bonchev–Trinajstić information content (AvgIpc) is 2.89. The van der Waals surface area contributed by atoms with Crippen LogP contribution in [0, 0.1) is 11.8 Å². The summed E-state index contributed by atoms with van der Waals surface area (Å²) in [6.45, 7) is 3.77. The van der Waals surface area contributed by atoms with Crippen LogP contribution < -0.4 is 5.32 Å². The Labute approximate surface area is 102 Å². The van der Waals surface area contributed by atoms with Crippen molar-refractivity contribution in [3.05, 3.63) is 22.6 Å². The second-order valence-electron chi connectivity index (χ2n) is 4.49. The van der Waals surface area contributed by atoms with Gasteiger partial charge in [-0.25, -0.2) is 0 Å². The van der Waals surface area contributed by atoms with Gasteiger partial charge in [-0.1, -0.05) is 0 Å². The maximum Gasteiger partial charge on any atom is 0.290 e. The molecule has 86 valence electrons. The summed E-state index contributed by atoms with van der Waals surface area (Å²) in [4.78, 5) is 14.0. The molecule has 1 aromatic rings. The number of rotatable bonds is 1. The van der Waals surface area contributed by atoms with Gasteiger partial charge in [-0.2, -0.15) is 0 Å². The fourth-order valence-electron chi connectivity index (χ4n) is 2.61. The molecule has 4 nitrogen and oxygen atoms in total. The number of carbonyl (C=O) groups excluding carboxylic acids is 1. The molecule has 1 N–H and O–H groups in total. The fraction of sp³-hybridized carbons (Fsp3) is 0.545. The first-order valence-corrected chi connectivity index (χ1v) is 6.28. The Kier molecular flexibility index (Phi) is 2.52. The van der Waals surface area contributed by atoms with Crippen molar-refractivity contribution in [2.45, 2.75) is 0 Å². The summed E-state index contributed by atoms with van der Waals surface area (Å²) in [7, 11) is 0. The van der Waals surface area contributed by atoms with Crippen LogP contribution in [0.15, 0.2) is 21.2 Å². The van der Waals surface area contributed by atoms with E-state index in [4.69, 9.17) is 4.42 Å². The maximum absolute atomic E-state index is 12.1. The van der Waals surface area contributed by atoms with E-state index in [0.717, 1.165) is 30.7 Å². The Morgan fingerprint density at radius 3 is 2.69 bits per heavy atom. The number of amides is 1. The first-order valence-electron chi connectivity index (χ1n) is 5.48. The second kappa shape index (κ2) is 3.89. The zero-order valence-electron chi connectivity index (χ0n) is 8.78. The highest BCUT2D eigenvalue weighted by atomic mass is 79.9. The van der Waals surface area contributed by atoms with Crippen LogP contribution in [0.1, 0.15) is 10.6 Å². The van der Waals surface area contributed by atoms with E-state index in [1.807, 2.05) is 4.90 Å². The van der Waals surface area contributed by atoms with Crippen LogP contribution >= 0.6 is 15.9 Å². The highest BCUT2D eigenvalue weighted by Gasteiger charge is 2.39. The summed E-state index contributed by atoms with van der Waals surface area (Å²) >= 11 is 3.32. The molecule has 2 aliphatic heterocycles. The number of fused-ring (bicyclic) bond motifs is 1. The summed E-state index contributed by atoms with van der Waals surface area (Å²) in [5.41, 5.74) is 0. The molecule has 0 saturated carbocycles. The highest BCUT2D eigenvalue weighted by molar-refractivity contribution is 9.10. The number of hydrogen-bond acceptors (Lipinski definition) is 3. The van der Waals surface area contributed by atoms with Crippen LogP contribution in [0.25, 0.3) is 0 Å². The monoisotopic (exact) mass is 284 g/mol. The topological polar surface area (TPSA) is 45.5 Å². The van der Waals surface area contributed by atoms with Gasteiger partial charge in [0.1, 0.15) is 0 Å². The van der Waals surface area contributed by atoms with Gasteiger partial charge >= 0.3 is 0 Å². The van der Waals surface area contributed by atoms with Crippen molar-refractivity contribution in [2.75, 3.05) is 26.2 Å². The zero-order valence-corrected chi connectivity index (χ0v) is 10.4. The molecule has 0 bridgehead atoms. The maximum atomic E-state index is 12.1. The lowest BCUT2D eigenvalue weighted by Gasteiger charge is -2.16. The molecule has 2 fully saturated rings. The molecule has 2 aliphatic rings. The number of nitrogens with zero attached hydrogens (tertiary/aromatic N) is 1. The van der Waals surface area contributed by atoms with Gasteiger partial charge in [0.05, 0.1) is 10.7 Å². The molecule has 1 amide bonds. The molecule has 0 aromatic carbocycles. The van der Waals surface area contributed by atoms with E-state index in [0.29, 0.717) is 17.6 Å². The van der Waals surface area contributed by atoms with Crippen LogP contribution in [0.4, 0.5) is 0 Å². The third-order valence-electron chi connectivity index (χ3n) is 3.49. The third-order valence-corrected chi connectivity index (χ3v) is 4.11. The SMILES string of the molecule is O=C(c1occc1Br)N1C[C@H]2CNC[C@H]2C1. The zero-order chi connectivity index (χ0) is 11.1. The Balaban J connectivity index is 1.75. The van der Waals surface area contributed by atoms with Crippen LogP contribution in [0.5, 0.6) is 0 Å². The van der Waals surface area contributed by atoms with E-state index < -0.39 is 0 Å². The summed E-state index contributed by atoms with van der Waals surface area (Å²) in [6.07, 6.45) is 1.54. The van der Waals surface area contributed by atoms with Crippen molar-refractivity contribution in [1.82, 2.24) is 10.2 Å². The van der Waals surface area contributed by atoms with E-state index in [1.165, 1.54) is 6.26 Å². The molecule has 3 rings (SSSR count). The van der Waals surface area contributed by atoms with Crippen LogP contribution in [0.2, 0.25) is 0 Å². The van der Waals surface area contributed by atoms with Gasteiger partial charge < -0.3 is 14.6 Å². The first kappa shape index (κ1) is 10.4. The molecule has 0 radical (unpaired) electrons. The molecular formula is C11H13BrN2O2. The molecule has 3 heterocycles. The molecule has 5 heteroatoms. The van der Waals surface area contributed by atoms with E-state index in [2.05, 4.69) is 21.2 Å². The van der Waals surface area contributed by atoms with Gasteiger partial charge in [0.2, 0.25) is 5.76 Å². The smallest absolute Gasteiger partial charge is 0.290 e. The lowest BCUT2D eigenvalue weighted by atomic mass is 10.0. The van der Waals surface area contributed by atoms with Crippen LogP contribution in [0.3, 0.4) is 0 Å². The third kappa shape index (κ3) is 1.58. The van der Waals surface area contributed by atoms with Gasteiger partial charge in [-0.05, 0) is 33.8 Å². The predicted octanol–water partition coefficient (Wildman–Crippen LogP) is 1.33. The van der Waals surface area contributed by atoms with E-state index in [9.17, 15) is 4.79 Å². The van der Waals surface area contributed by atoms with Gasteiger partial charge in [0.25, 0.3) is 5.91 Å². The standard InChI is InChI=1S/C11H13BrN2O2/c12-9-1-2-16-10(9)11(15)14-5-7-3-13-4-8(7)6-14/h1-2,7-8,13H,3-6H2/t7-,8+. The lowest BCUT2D eigenvalue weighted by molar-refractivity contribution is 0.0749. The number of halogens is 1. The number of nitrogens with one attached hydrogen (secondary N) is 1. The van der Waals surface area contributed by atoms with Gasteiger partial charge in [-0.3, -0.25) is 4.79 Å². The van der Waals surface area contributed by atoms with Crippen molar-refractivity contribution in [2.24, 2.45) is 11.8 Å². The summed E-state index contributed by atoms with van der Waals surface area (Å²) in [6, 6.07) is 1.76. The lowest BCUT2D eigenvalue weighted by Crippen LogP contribution is -2.31. The van der Waals surface area contributed by atoms with Gasteiger partial charge in [0, 0.05) is 26.2 Å². The first-order chi connectivity index (χ1) is 7.75. The average molecular weight is 285 g/mol. The van der Waals surface area contributed by atoms with Crippen LogP contribution in [-0.4, -0.2) is 37.0 Å². The van der Waals surface area contributed by atoms with Gasteiger partial charge in [-0.15, -0.1) is 0 Å². The Morgan fingerprint density at radius 2 is 2.12 bits per heavy atom. The Bertz CT molecular complexity index is 406. The predicted molar refractivity (Wildman–Crippen MR) is 62.2 cm³/mol. The number of carbonyl (C=O) groups is 1. The summed E-state index contributed by atoms with van der Waals surface area (Å²) in [5, 5.41) is 3.36. The van der Waals surface area contributed by atoms with Crippen molar-refractivity contribution in [1.29, 1.82) is 0 Å². The minimum absolute atomic E-state index is 0.00581. The van der Waals surface area contributed by atoms with Gasteiger partial charge in [0.15, 0.2) is 0 Å². The van der Waals surface area contributed by atoms with Crippen molar-refractivity contribution in [3.8, 4) is 0 Å². The highest BCUT2D eigenvalue weighted by Crippen LogP contribution is 2.29. The minimum Gasteiger partial charge on any atom is -0.458 e. The molecule has 1 aromatic heterocycles. The normalized spacial score (nSPS) is 28.4. The summed E-state index contributed by atoms with van der Waals surface area (Å²) < 4.78 is 5.95. The fourth-order valence-corrected chi connectivity index (χ4v) is 2.98. The van der Waals surface area contributed by atoms with Crippen molar-refractivity contribution in [3.63, 3.8) is 0 Å². The molecule has 16 heavy (non-hydrogen) atoms. The minimum atomic E-state index is 0.00581. The quantitative estimate of drug-likeness (QED) is 0.846. The van der Waals surface area contributed by atoms with Crippen LogP contribution in [-0.2, 0) is 0 Å². The van der Waals surface area contributed by atoms with E-state index >= 15 is 0 Å². The number of hydrogen-bond donors (Lipinski definition) is 1. The number of likely N-dealkylation sites (tertiary alicyclic amines) is 1. The molecule has 0 unspecified atom stereocenters. The Morgan fingerprint density at radius 1 is 1.44 bits per heavy atom. The largest absolute Gasteiger partial charge is 0.458 e. The molecule has 0 aliphatic carbocycles. The van der Waals surface area contributed by atoms with E-state index in [-0.39, 0.29) is 5.91 Å².